The topological polar surface area (TPSA) is 97.9 Å². The van der Waals surface area contributed by atoms with Crippen LogP contribution in [0.5, 0.6) is 0 Å². The molecule has 6 heteroatoms. The maximum atomic E-state index is 13.5. The maximum absolute atomic E-state index is 13.5. The van der Waals surface area contributed by atoms with Gasteiger partial charge in [-0.3, -0.25) is 4.79 Å². The number of aryl methyl sites for hydroxylation is 1. The Morgan fingerprint density at radius 2 is 1.61 bits per heavy atom. The fourth-order valence-electron chi connectivity index (χ4n) is 5.13. The number of guanidine groups is 1. The summed E-state index contributed by atoms with van der Waals surface area (Å²) in [5.74, 6) is 0.263. The first-order valence-corrected chi connectivity index (χ1v) is 12.6. The van der Waals surface area contributed by atoms with Gasteiger partial charge in [-0.1, -0.05) is 64.1 Å². The lowest BCUT2D eigenvalue weighted by Gasteiger charge is -2.42. The minimum Gasteiger partial charge on any atom is -0.459 e. The highest BCUT2D eigenvalue weighted by Gasteiger charge is 2.37. The Bertz CT molecular complexity index is 1270. The fraction of sp³-hybridized carbons (Fsp3) is 0.400. The number of nitrogens with two attached hydrogens (primary N) is 2. The van der Waals surface area contributed by atoms with E-state index in [0.717, 1.165) is 23.1 Å². The van der Waals surface area contributed by atoms with Gasteiger partial charge in [0.1, 0.15) is 0 Å². The number of amides is 1. The molecule has 6 nitrogen and oxygen atoms in total. The van der Waals surface area contributed by atoms with Crippen LogP contribution in [0.3, 0.4) is 0 Å². The highest BCUT2D eigenvalue weighted by atomic mass is 16.3. The first-order valence-electron chi connectivity index (χ1n) is 12.6. The van der Waals surface area contributed by atoms with Crippen LogP contribution in [-0.4, -0.2) is 16.8 Å². The average Bonchev–Trinajstić information content (AvgIpc) is 3.36. The van der Waals surface area contributed by atoms with Crippen molar-refractivity contribution in [3.05, 3.63) is 93.9 Å². The lowest BCUT2D eigenvalue weighted by Crippen LogP contribution is -2.35. The van der Waals surface area contributed by atoms with Gasteiger partial charge in [0.15, 0.2) is 11.7 Å². The van der Waals surface area contributed by atoms with Crippen molar-refractivity contribution in [3.63, 3.8) is 0 Å². The van der Waals surface area contributed by atoms with Crippen molar-refractivity contribution in [2.24, 2.45) is 16.5 Å². The summed E-state index contributed by atoms with van der Waals surface area (Å²) in [6.07, 6.45) is 3.86. The van der Waals surface area contributed by atoms with E-state index in [9.17, 15) is 4.79 Å². The maximum Gasteiger partial charge on any atom is 0.290 e. The molecular formula is C30H38N4O2. The molecule has 1 aliphatic rings. The van der Waals surface area contributed by atoms with Gasteiger partial charge < -0.3 is 20.8 Å². The van der Waals surface area contributed by atoms with E-state index in [-0.39, 0.29) is 22.7 Å². The van der Waals surface area contributed by atoms with Crippen LogP contribution in [0.15, 0.2) is 64.2 Å². The molecule has 3 aromatic rings. The number of aliphatic imine (C=N–C) groups is 1. The quantitative estimate of drug-likeness (QED) is 0.338. The van der Waals surface area contributed by atoms with E-state index < -0.39 is 0 Å². The molecule has 1 aromatic heterocycles. The smallest absolute Gasteiger partial charge is 0.290 e. The number of fused-ring (bicyclic) bond motifs is 1. The van der Waals surface area contributed by atoms with E-state index >= 15 is 0 Å². The van der Waals surface area contributed by atoms with Crippen molar-refractivity contribution in [3.8, 4) is 0 Å². The molecule has 0 atom stereocenters. The van der Waals surface area contributed by atoms with E-state index in [1.165, 1.54) is 29.4 Å². The lowest BCUT2D eigenvalue weighted by atomic mass is 9.62. The third-order valence-electron chi connectivity index (χ3n) is 7.50. The molecule has 1 heterocycles. The van der Waals surface area contributed by atoms with E-state index in [4.69, 9.17) is 15.9 Å². The van der Waals surface area contributed by atoms with Crippen LogP contribution in [0.2, 0.25) is 0 Å². The van der Waals surface area contributed by atoms with Crippen LogP contribution in [0.4, 0.5) is 0 Å². The summed E-state index contributed by atoms with van der Waals surface area (Å²) >= 11 is 0. The Morgan fingerprint density at radius 3 is 2.25 bits per heavy atom. The summed E-state index contributed by atoms with van der Waals surface area (Å²) in [4.78, 5) is 19.5. The number of hydrogen-bond acceptors (Lipinski definition) is 3. The molecule has 4 N–H and O–H groups in total. The van der Waals surface area contributed by atoms with Crippen LogP contribution in [0.1, 0.15) is 84.5 Å². The van der Waals surface area contributed by atoms with Crippen molar-refractivity contribution < 1.29 is 9.21 Å². The van der Waals surface area contributed by atoms with Gasteiger partial charge in [-0.25, -0.2) is 4.99 Å². The molecule has 1 aliphatic carbocycles. The average molecular weight is 487 g/mol. The molecule has 0 aliphatic heterocycles. The molecule has 4 rings (SSSR count). The molecule has 0 bridgehead atoms. The summed E-state index contributed by atoms with van der Waals surface area (Å²) < 4.78 is 5.48. The summed E-state index contributed by atoms with van der Waals surface area (Å²) in [7, 11) is 0. The van der Waals surface area contributed by atoms with Crippen LogP contribution >= 0.6 is 0 Å². The predicted molar refractivity (Wildman–Crippen MR) is 145 cm³/mol. The van der Waals surface area contributed by atoms with E-state index in [0.29, 0.717) is 25.4 Å². The number of carbonyl (C=O) groups excluding carboxylic acids is 1. The molecule has 190 valence electrons. The second-order valence-corrected chi connectivity index (χ2v) is 11.3. The minimum absolute atomic E-state index is 0.0593. The predicted octanol–water partition coefficient (Wildman–Crippen LogP) is 5.55. The lowest BCUT2D eigenvalue weighted by molar-refractivity contribution is 0.0697. The second-order valence-electron chi connectivity index (χ2n) is 11.3. The van der Waals surface area contributed by atoms with Crippen molar-refractivity contribution in [1.82, 2.24) is 4.90 Å². The molecule has 0 saturated carbocycles. The Labute approximate surface area is 214 Å². The molecule has 0 saturated heterocycles. The number of furan rings is 1. The number of rotatable bonds is 7. The van der Waals surface area contributed by atoms with Gasteiger partial charge in [-0.05, 0) is 76.1 Å². The molecule has 0 spiro atoms. The standard InChI is InChI=1S/C30H38N4O2/c1-20-14-24-25(30(4,5)12-11-29(24,2)3)16-23(20)19-34(27(35)26-10-7-13-36-26)18-22-9-6-8-21(15-22)17-33-28(31)32/h6-10,13-16H,11-12,17-19H2,1-5H3,(H4,31,32,33). The molecule has 0 radical (unpaired) electrons. The number of nitrogens with zero attached hydrogens (tertiary/aromatic N) is 2. The van der Waals surface area contributed by atoms with Crippen LogP contribution in [0.25, 0.3) is 0 Å². The van der Waals surface area contributed by atoms with Crippen molar-refractivity contribution in [2.45, 2.75) is 77.9 Å². The fourth-order valence-corrected chi connectivity index (χ4v) is 5.13. The van der Waals surface area contributed by atoms with Crippen molar-refractivity contribution in [2.75, 3.05) is 0 Å². The van der Waals surface area contributed by atoms with E-state index in [1.54, 1.807) is 12.1 Å². The number of hydrogen-bond donors (Lipinski definition) is 2. The summed E-state index contributed by atoms with van der Waals surface area (Å²) in [5, 5.41) is 0. The SMILES string of the molecule is Cc1cc2c(cc1CN(Cc1cccc(CN=C(N)N)c1)C(=O)c1ccco1)C(C)(C)CCC2(C)C. The summed E-state index contributed by atoms with van der Waals surface area (Å²) in [6.45, 7) is 12.8. The summed E-state index contributed by atoms with van der Waals surface area (Å²) in [6, 6.07) is 16.2. The van der Waals surface area contributed by atoms with Crippen LogP contribution in [0, 0.1) is 6.92 Å². The normalized spacial score (nSPS) is 15.7. The molecule has 0 unspecified atom stereocenters. The van der Waals surface area contributed by atoms with Gasteiger partial charge >= 0.3 is 0 Å². The largest absolute Gasteiger partial charge is 0.459 e. The van der Waals surface area contributed by atoms with Gasteiger partial charge in [0.2, 0.25) is 0 Å². The van der Waals surface area contributed by atoms with Gasteiger partial charge in [0, 0.05) is 13.1 Å². The Morgan fingerprint density at radius 1 is 0.944 bits per heavy atom. The van der Waals surface area contributed by atoms with Gasteiger partial charge in [0.05, 0.1) is 12.8 Å². The van der Waals surface area contributed by atoms with Gasteiger partial charge in [0.25, 0.3) is 5.91 Å². The van der Waals surface area contributed by atoms with Crippen LogP contribution < -0.4 is 11.5 Å². The monoisotopic (exact) mass is 486 g/mol. The van der Waals surface area contributed by atoms with E-state index in [1.807, 2.05) is 29.2 Å². The zero-order valence-corrected chi connectivity index (χ0v) is 22.1. The van der Waals surface area contributed by atoms with Crippen LogP contribution in [-0.2, 0) is 30.5 Å². The zero-order valence-electron chi connectivity index (χ0n) is 22.1. The second kappa shape index (κ2) is 9.84. The van der Waals surface area contributed by atoms with Gasteiger partial charge in [-0.15, -0.1) is 0 Å². The Kier molecular flexibility index (Phi) is 6.98. The zero-order chi connectivity index (χ0) is 26.1. The molecule has 1 amide bonds. The molecular weight excluding hydrogens is 448 g/mol. The minimum atomic E-state index is -0.133. The third-order valence-corrected chi connectivity index (χ3v) is 7.50. The third kappa shape index (κ3) is 5.48. The molecule has 2 aromatic carbocycles. The van der Waals surface area contributed by atoms with Crippen molar-refractivity contribution in [1.29, 1.82) is 0 Å². The first kappa shape index (κ1) is 25.5. The first-order chi connectivity index (χ1) is 17.0. The van der Waals surface area contributed by atoms with E-state index in [2.05, 4.69) is 51.7 Å². The van der Waals surface area contributed by atoms with Gasteiger partial charge in [-0.2, -0.15) is 0 Å². The number of carbonyl (C=O) groups is 1. The molecule has 36 heavy (non-hydrogen) atoms. The highest BCUT2D eigenvalue weighted by molar-refractivity contribution is 5.91. The molecule has 0 fully saturated rings. The Balaban J connectivity index is 1.69. The Hall–Kier alpha value is -3.54. The summed E-state index contributed by atoms with van der Waals surface area (Å²) in [5.41, 5.74) is 18.4. The van der Waals surface area contributed by atoms with Crippen molar-refractivity contribution >= 4 is 11.9 Å². The number of benzene rings is 2. The highest BCUT2D eigenvalue weighted by Crippen LogP contribution is 2.46.